The van der Waals surface area contributed by atoms with E-state index >= 15 is 0 Å². The van der Waals surface area contributed by atoms with Crippen LogP contribution in [0.2, 0.25) is 0 Å². The van der Waals surface area contributed by atoms with E-state index < -0.39 is 0 Å². The van der Waals surface area contributed by atoms with E-state index in [-0.39, 0.29) is 22.5 Å². The molecule has 110 valence electrons. The van der Waals surface area contributed by atoms with Gasteiger partial charge in [0, 0.05) is 0 Å². The molecule has 0 amide bonds. The molecule has 0 aromatic heterocycles. The molecule has 3 aliphatic carbocycles. The molecule has 0 heterocycles. The molecule has 3 rings (SSSR count). The fourth-order valence-corrected chi connectivity index (χ4v) is 2.59. The summed E-state index contributed by atoms with van der Waals surface area (Å²) in [5.74, 6) is 2.66. The monoisotopic (exact) mass is 322 g/mol. The first-order chi connectivity index (χ1) is 9.57. The van der Waals surface area contributed by atoms with Crippen LogP contribution in [-0.4, -0.2) is 7.11 Å². The summed E-state index contributed by atoms with van der Waals surface area (Å²) < 4.78 is 5.35. The molecular formula is C19H22FeO+2. The molecule has 0 aliphatic heterocycles. The van der Waals surface area contributed by atoms with Crippen LogP contribution in [0.5, 0.6) is 0 Å². The maximum absolute atomic E-state index is 5.35. The van der Waals surface area contributed by atoms with Gasteiger partial charge in [0.05, 0.1) is 7.11 Å². The molecule has 2 fully saturated rings. The van der Waals surface area contributed by atoms with E-state index in [0.717, 1.165) is 11.3 Å². The fraction of sp³-hybridized carbons (Fsp3) is 0.263. The minimum Gasteiger partial charge on any atom is -0.497 e. The summed E-state index contributed by atoms with van der Waals surface area (Å²) >= 11 is 0. The Labute approximate surface area is 142 Å². The van der Waals surface area contributed by atoms with Gasteiger partial charge < -0.3 is 4.74 Å². The Morgan fingerprint density at radius 2 is 1.43 bits per heavy atom. The van der Waals surface area contributed by atoms with Crippen molar-refractivity contribution in [2.24, 2.45) is 11.3 Å². The Morgan fingerprint density at radius 3 is 1.81 bits per heavy atom. The number of hydrogen-bond acceptors (Lipinski definition) is 1. The van der Waals surface area contributed by atoms with E-state index in [2.05, 4.69) is 52.2 Å². The zero-order valence-electron chi connectivity index (χ0n) is 12.8. The second-order valence-corrected chi connectivity index (χ2v) is 5.59. The van der Waals surface area contributed by atoms with E-state index in [9.17, 15) is 0 Å². The van der Waals surface area contributed by atoms with E-state index in [1.165, 1.54) is 5.92 Å². The maximum atomic E-state index is 5.35. The maximum Gasteiger partial charge on any atom is 2.00 e. The van der Waals surface area contributed by atoms with Crippen molar-refractivity contribution >= 4 is 0 Å². The Kier molecular flexibility index (Phi) is 7.57. The molecule has 2 heteroatoms. The third-order valence-electron chi connectivity index (χ3n) is 3.99. The zero-order valence-corrected chi connectivity index (χ0v) is 13.9. The molecule has 0 aromatic rings. The summed E-state index contributed by atoms with van der Waals surface area (Å²) in [4.78, 5) is 0. The molecule has 0 aromatic carbocycles. The van der Waals surface area contributed by atoms with Crippen LogP contribution in [0.25, 0.3) is 0 Å². The molecule has 21 heavy (non-hydrogen) atoms. The Balaban J connectivity index is 0.000000313. The van der Waals surface area contributed by atoms with Gasteiger partial charge in [-0.05, 0) is 86.7 Å². The molecule has 0 N–H and O–H groups in total. The molecule has 1 unspecified atom stereocenters. The zero-order chi connectivity index (χ0) is 14.6. The van der Waals surface area contributed by atoms with Gasteiger partial charge in [0.15, 0.2) is 0 Å². The normalized spacial score (nSPS) is 27.7. The van der Waals surface area contributed by atoms with Gasteiger partial charge in [0.1, 0.15) is 5.76 Å². The van der Waals surface area contributed by atoms with Crippen LogP contribution in [0.1, 0.15) is 13.8 Å². The number of hydrogen-bond donors (Lipinski definition) is 0. The molecular weight excluding hydrogens is 300 g/mol. The first kappa shape index (κ1) is 18.8. The van der Waals surface area contributed by atoms with Gasteiger partial charge in [0.25, 0.3) is 0 Å². The van der Waals surface area contributed by atoms with Crippen LogP contribution < -0.4 is 0 Å². The molecule has 1 nitrogen and oxygen atoms in total. The minimum atomic E-state index is 0. The third-order valence-corrected chi connectivity index (χ3v) is 3.99. The van der Waals surface area contributed by atoms with Crippen LogP contribution in [0.15, 0.2) is 24.0 Å². The van der Waals surface area contributed by atoms with Crippen LogP contribution >= 0.6 is 0 Å². The molecule has 2 saturated carbocycles. The number of ether oxygens (including phenoxy) is 1. The predicted molar refractivity (Wildman–Crippen MR) is 83.4 cm³/mol. The van der Waals surface area contributed by atoms with Crippen molar-refractivity contribution in [2.75, 3.05) is 7.11 Å². The number of methoxy groups -OCH3 is 1. The van der Waals surface area contributed by atoms with E-state index in [1.807, 2.05) is 32.1 Å². The Morgan fingerprint density at radius 1 is 0.952 bits per heavy atom. The number of allylic oxidation sites excluding steroid dienone is 2. The molecule has 0 saturated heterocycles. The Hall–Kier alpha value is -0.201. The average Bonchev–Trinajstić information content (AvgIpc) is 3.16. The minimum absolute atomic E-state index is 0. The fourth-order valence-electron chi connectivity index (χ4n) is 2.59. The van der Waals surface area contributed by atoms with Crippen molar-refractivity contribution in [3.8, 4) is 0 Å². The quantitative estimate of drug-likeness (QED) is 0.694. The van der Waals surface area contributed by atoms with Crippen molar-refractivity contribution < 1.29 is 21.8 Å². The Bertz CT molecular complexity index is 352. The molecule has 3 aliphatic rings. The van der Waals surface area contributed by atoms with E-state index in [1.54, 1.807) is 7.11 Å². The van der Waals surface area contributed by atoms with Crippen molar-refractivity contribution in [3.05, 3.63) is 87.7 Å². The first-order valence-electron chi connectivity index (χ1n) is 6.91. The van der Waals surface area contributed by atoms with Gasteiger partial charge in [0.2, 0.25) is 0 Å². The SMILES string of the molecule is C=C1C(OC)=CC([C]2[CH][CH][CH][CH]2)C1(C)C.[CH]1[CH][CH][CH][CH]1.[Fe+2]. The van der Waals surface area contributed by atoms with Gasteiger partial charge in [-0.3, -0.25) is 0 Å². The van der Waals surface area contributed by atoms with Gasteiger partial charge in [-0.15, -0.1) is 0 Å². The topological polar surface area (TPSA) is 9.23 Å². The standard InChI is InChI=1S/C14H17O.C5H5.Fe/c1-10-13(15-4)9-12(14(10,2)3)11-7-5-6-8-11;1-2-4-5-3-1;/h5-9,12H,1H2,2-4H3;1-5H;/q;;+2. The number of rotatable bonds is 2. The van der Waals surface area contributed by atoms with Crippen molar-refractivity contribution in [1.82, 2.24) is 0 Å². The second kappa shape index (κ2) is 8.44. The van der Waals surface area contributed by atoms with Crippen LogP contribution in [0.3, 0.4) is 0 Å². The van der Waals surface area contributed by atoms with E-state index in [0.29, 0.717) is 5.92 Å². The summed E-state index contributed by atoms with van der Waals surface area (Å²) in [7, 11) is 1.71. The molecule has 1 atom stereocenters. The smallest absolute Gasteiger partial charge is 0.497 e. The average molecular weight is 322 g/mol. The van der Waals surface area contributed by atoms with Crippen molar-refractivity contribution in [3.63, 3.8) is 0 Å². The summed E-state index contributed by atoms with van der Waals surface area (Å²) in [6, 6.07) is 0. The van der Waals surface area contributed by atoms with Crippen LogP contribution in [0, 0.1) is 75.0 Å². The molecule has 10 radical (unpaired) electrons. The second-order valence-electron chi connectivity index (χ2n) is 5.59. The molecule has 0 spiro atoms. The van der Waals surface area contributed by atoms with Crippen LogP contribution in [-0.2, 0) is 21.8 Å². The predicted octanol–water partition coefficient (Wildman–Crippen LogP) is 4.15. The summed E-state index contributed by atoms with van der Waals surface area (Å²) in [6.07, 6.45) is 20.7. The van der Waals surface area contributed by atoms with Gasteiger partial charge in [-0.2, -0.15) is 0 Å². The largest absolute Gasteiger partial charge is 2.00 e. The summed E-state index contributed by atoms with van der Waals surface area (Å²) in [6.45, 7) is 8.56. The molecule has 0 bridgehead atoms. The summed E-state index contributed by atoms with van der Waals surface area (Å²) in [5, 5.41) is 0. The van der Waals surface area contributed by atoms with Crippen LogP contribution in [0.4, 0.5) is 0 Å². The summed E-state index contributed by atoms with van der Waals surface area (Å²) in [5.41, 5.74) is 1.15. The van der Waals surface area contributed by atoms with E-state index in [4.69, 9.17) is 4.74 Å². The third kappa shape index (κ3) is 4.39. The van der Waals surface area contributed by atoms with Crippen molar-refractivity contribution in [1.29, 1.82) is 0 Å². The van der Waals surface area contributed by atoms with Gasteiger partial charge in [-0.1, -0.05) is 20.4 Å². The van der Waals surface area contributed by atoms with Gasteiger partial charge in [-0.25, -0.2) is 0 Å². The first-order valence-corrected chi connectivity index (χ1v) is 6.91. The van der Waals surface area contributed by atoms with Gasteiger partial charge >= 0.3 is 17.1 Å². The van der Waals surface area contributed by atoms with Crippen molar-refractivity contribution in [2.45, 2.75) is 13.8 Å².